The Labute approximate surface area is 123 Å². The first kappa shape index (κ1) is 14.7. The number of ether oxygens (including phenoxy) is 2. The predicted octanol–water partition coefficient (Wildman–Crippen LogP) is 3.33. The van der Waals surface area contributed by atoms with Crippen LogP contribution >= 0.6 is 0 Å². The standard InChI is InChI=1S/C17H16O4/c1-12-3-7-14(8-4-12)21-17(19)10-6-13-5-9-15(18)16(11-13)20-2/h3-11,18H,1-2H3. The molecule has 0 saturated carbocycles. The number of methoxy groups -OCH3 is 1. The van der Waals surface area contributed by atoms with Gasteiger partial charge < -0.3 is 14.6 Å². The zero-order chi connectivity index (χ0) is 15.2. The molecule has 0 aromatic heterocycles. The third kappa shape index (κ3) is 4.11. The molecule has 0 radical (unpaired) electrons. The van der Waals surface area contributed by atoms with E-state index in [1.54, 1.807) is 30.3 Å². The molecule has 2 aromatic carbocycles. The van der Waals surface area contributed by atoms with Crippen LogP contribution in [-0.2, 0) is 4.79 Å². The first-order valence-corrected chi connectivity index (χ1v) is 6.42. The average Bonchev–Trinajstić information content (AvgIpc) is 2.49. The molecule has 2 rings (SSSR count). The molecule has 21 heavy (non-hydrogen) atoms. The number of rotatable bonds is 4. The lowest BCUT2D eigenvalue weighted by atomic mass is 10.2. The number of carbonyl (C=O) groups excluding carboxylic acids is 1. The molecular formula is C17H16O4. The highest BCUT2D eigenvalue weighted by Gasteiger charge is 2.02. The predicted molar refractivity (Wildman–Crippen MR) is 80.5 cm³/mol. The van der Waals surface area contributed by atoms with E-state index in [1.165, 1.54) is 19.3 Å². The van der Waals surface area contributed by atoms with Crippen molar-refractivity contribution < 1.29 is 19.4 Å². The summed E-state index contributed by atoms with van der Waals surface area (Å²) in [4.78, 5) is 11.7. The molecule has 108 valence electrons. The SMILES string of the molecule is COc1cc(C=CC(=O)Oc2ccc(C)cc2)ccc1O. The smallest absolute Gasteiger partial charge is 0.336 e. The van der Waals surface area contributed by atoms with Crippen molar-refractivity contribution in [1.29, 1.82) is 0 Å². The largest absolute Gasteiger partial charge is 0.504 e. The lowest BCUT2D eigenvalue weighted by molar-refractivity contribution is -0.128. The number of hydrogen-bond acceptors (Lipinski definition) is 4. The third-order valence-corrected chi connectivity index (χ3v) is 2.86. The van der Waals surface area contributed by atoms with Gasteiger partial charge in [-0.15, -0.1) is 0 Å². The topological polar surface area (TPSA) is 55.8 Å². The third-order valence-electron chi connectivity index (χ3n) is 2.86. The quantitative estimate of drug-likeness (QED) is 0.531. The van der Waals surface area contributed by atoms with Crippen LogP contribution in [0, 0.1) is 6.92 Å². The summed E-state index contributed by atoms with van der Waals surface area (Å²) in [5.74, 6) is 0.436. The molecule has 0 amide bonds. The van der Waals surface area contributed by atoms with E-state index in [2.05, 4.69) is 0 Å². The lowest BCUT2D eigenvalue weighted by Gasteiger charge is -2.04. The summed E-state index contributed by atoms with van der Waals surface area (Å²) < 4.78 is 10.2. The van der Waals surface area contributed by atoms with E-state index < -0.39 is 5.97 Å². The molecule has 0 atom stereocenters. The second-order valence-electron chi connectivity index (χ2n) is 4.50. The monoisotopic (exact) mass is 284 g/mol. The van der Waals surface area contributed by atoms with Crippen molar-refractivity contribution >= 4 is 12.0 Å². The second kappa shape index (κ2) is 6.61. The highest BCUT2D eigenvalue weighted by Crippen LogP contribution is 2.26. The van der Waals surface area contributed by atoms with E-state index in [4.69, 9.17) is 9.47 Å². The van der Waals surface area contributed by atoms with E-state index >= 15 is 0 Å². The van der Waals surface area contributed by atoms with E-state index in [1.807, 2.05) is 19.1 Å². The number of phenolic OH excluding ortho intramolecular Hbond substituents is 1. The van der Waals surface area contributed by atoms with E-state index in [0.717, 1.165) is 11.1 Å². The Morgan fingerprint density at radius 1 is 1.14 bits per heavy atom. The van der Waals surface area contributed by atoms with Crippen LogP contribution in [0.1, 0.15) is 11.1 Å². The Hall–Kier alpha value is -2.75. The molecule has 2 aromatic rings. The van der Waals surface area contributed by atoms with Gasteiger partial charge in [0.25, 0.3) is 0 Å². The number of phenols is 1. The van der Waals surface area contributed by atoms with Gasteiger partial charge in [0.05, 0.1) is 7.11 Å². The zero-order valence-corrected chi connectivity index (χ0v) is 11.9. The van der Waals surface area contributed by atoms with Gasteiger partial charge >= 0.3 is 5.97 Å². The maximum atomic E-state index is 11.7. The number of esters is 1. The number of benzene rings is 2. The molecule has 0 bridgehead atoms. The molecular weight excluding hydrogens is 268 g/mol. The molecule has 1 N–H and O–H groups in total. The molecule has 0 spiro atoms. The van der Waals surface area contributed by atoms with Crippen LogP contribution in [0.2, 0.25) is 0 Å². The molecule has 0 aliphatic carbocycles. The van der Waals surface area contributed by atoms with E-state index in [-0.39, 0.29) is 5.75 Å². The number of carbonyl (C=O) groups is 1. The fourth-order valence-electron chi connectivity index (χ4n) is 1.72. The Morgan fingerprint density at radius 3 is 2.52 bits per heavy atom. The fraction of sp³-hybridized carbons (Fsp3) is 0.118. The summed E-state index contributed by atoms with van der Waals surface area (Å²) in [7, 11) is 1.47. The van der Waals surface area contributed by atoms with Crippen LogP contribution in [0.4, 0.5) is 0 Å². The summed E-state index contributed by atoms with van der Waals surface area (Å²) in [5.41, 5.74) is 1.83. The summed E-state index contributed by atoms with van der Waals surface area (Å²) in [6.45, 7) is 1.96. The van der Waals surface area contributed by atoms with Crippen molar-refractivity contribution in [3.05, 3.63) is 59.7 Å². The maximum Gasteiger partial charge on any atom is 0.336 e. The molecule has 0 heterocycles. The second-order valence-corrected chi connectivity index (χ2v) is 4.50. The van der Waals surface area contributed by atoms with Crippen molar-refractivity contribution in [2.75, 3.05) is 7.11 Å². The van der Waals surface area contributed by atoms with Gasteiger partial charge in [0.1, 0.15) is 5.75 Å². The van der Waals surface area contributed by atoms with Crippen molar-refractivity contribution in [3.8, 4) is 17.2 Å². The zero-order valence-electron chi connectivity index (χ0n) is 11.9. The molecule has 0 aliphatic heterocycles. The Balaban J connectivity index is 2.03. The first-order chi connectivity index (χ1) is 10.1. The number of aryl methyl sites for hydroxylation is 1. The molecule has 0 saturated heterocycles. The number of hydrogen-bond donors (Lipinski definition) is 1. The average molecular weight is 284 g/mol. The van der Waals surface area contributed by atoms with Gasteiger partial charge in [0.15, 0.2) is 11.5 Å². The minimum Gasteiger partial charge on any atom is -0.504 e. The molecule has 4 heteroatoms. The fourth-order valence-corrected chi connectivity index (χ4v) is 1.72. The van der Waals surface area contributed by atoms with Gasteiger partial charge in [-0.25, -0.2) is 4.79 Å². The minimum absolute atomic E-state index is 0.0527. The number of aromatic hydroxyl groups is 1. The first-order valence-electron chi connectivity index (χ1n) is 6.42. The van der Waals surface area contributed by atoms with Gasteiger partial charge in [-0.1, -0.05) is 23.8 Å². The van der Waals surface area contributed by atoms with Crippen molar-refractivity contribution in [1.82, 2.24) is 0 Å². The maximum absolute atomic E-state index is 11.7. The Bertz CT molecular complexity index is 657. The van der Waals surface area contributed by atoms with E-state index in [9.17, 15) is 9.90 Å². The van der Waals surface area contributed by atoms with Crippen molar-refractivity contribution in [3.63, 3.8) is 0 Å². The summed E-state index contributed by atoms with van der Waals surface area (Å²) in [6.07, 6.45) is 2.92. The Kier molecular flexibility index (Phi) is 4.61. The van der Waals surface area contributed by atoms with Crippen LogP contribution in [0.15, 0.2) is 48.5 Å². The van der Waals surface area contributed by atoms with Gasteiger partial charge in [-0.2, -0.15) is 0 Å². The lowest BCUT2D eigenvalue weighted by Crippen LogP contribution is -2.03. The highest BCUT2D eigenvalue weighted by atomic mass is 16.5. The van der Waals surface area contributed by atoms with Crippen LogP contribution < -0.4 is 9.47 Å². The van der Waals surface area contributed by atoms with Crippen LogP contribution in [-0.4, -0.2) is 18.2 Å². The van der Waals surface area contributed by atoms with Crippen molar-refractivity contribution in [2.45, 2.75) is 6.92 Å². The molecule has 0 aliphatic rings. The summed E-state index contributed by atoms with van der Waals surface area (Å²) >= 11 is 0. The van der Waals surface area contributed by atoms with Crippen LogP contribution in [0.3, 0.4) is 0 Å². The van der Waals surface area contributed by atoms with E-state index in [0.29, 0.717) is 11.5 Å². The van der Waals surface area contributed by atoms with Gasteiger partial charge in [-0.3, -0.25) is 0 Å². The van der Waals surface area contributed by atoms with Crippen LogP contribution in [0.25, 0.3) is 6.08 Å². The molecule has 4 nitrogen and oxygen atoms in total. The minimum atomic E-state index is -0.467. The van der Waals surface area contributed by atoms with Gasteiger partial charge in [0, 0.05) is 6.08 Å². The summed E-state index contributed by atoms with van der Waals surface area (Å²) in [6, 6.07) is 12.0. The highest BCUT2D eigenvalue weighted by molar-refractivity contribution is 5.88. The summed E-state index contributed by atoms with van der Waals surface area (Å²) in [5, 5.41) is 9.49. The van der Waals surface area contributed by atoms with Crippen molar-refractivity contribution in [2.24, 2.45) is 0 Å². The van der Waals surface area contributed by atoms with Gasteiger partial charge in [0.2, 0.25) is 0 Å². The molecule has 0 fully saturated rings. The van der Waals surface area contributed by atoms with Crippen LogP contribution in [0.5, 0.6) is 17.2 Å². The van der Waals surface area contributed by atoms with Gasteiger partial charge in [-0.05, 0) is 42.8 Å². The normalized spacial score (nSPS) is 10.6. The Morgan fingerprint density at radius 2 is 1.86 bits per heavy atom. The molecule has 0 unspecified atom stereocenters.